The number of benzene rings is 1. The van der Waals surface area contributed by atoms with Gasteiger partial charge in [-0.3, -0.25) is 10.1 Å². The molecule has 0 bridgehead atoms. The molecule has 94 valence electrons. The van der Waals surface area contributed by atoms with Crippen molar-refractivity contribution < 1.29 is 23.2 Å². The van der Waals surface area contributed by atoms with Crippen molar-refractivity contribution in [2.45, 2.75) is 4.90 Å². The lowest BCUT2D eigenvalue weighted by atomic mass is 10.2. The van der Waals surface area contributed by atoms with Crippen molar-refractivity contribution in [3.63, 3.8) is 0 Å². The van der Waals surface area contributed by atoms with E-state index in [9.17, 15) is 23.3 Å². The van der Waals surface area contributed by atoms with Crippen LogP contribution in [-0.2, 0) is 9.84 Å². The van der Waals surface area contributed by atoms with Gasteiger partial charge in [-0.2, -0.15) is 0 Å². The lowest BCUT2D eigenvalue weighted by molar-refractivity contribution is -0.385. The number of hydrogen-bond donors (Lipinski definition) is 1. The van der Waals surface area contributed by atoms with Crippen LogP contribution >= 0.6 is 12.4 Å². The average molecular weight is 282 g/mol. The molecule has 0 unspecified atom stereocenters. The first kappa shape index (κ1) is 15.3. The zero-order valence-corrected chi connectivity index (χ0v) is 10.1. The molecule has 0 fully saturated rings. The van der Waals surface area contributed by atoms with Crippen LogP contribution in [0.15, 0.2) is 23.1 Å². The summed E-state index contributed by atoms with van der Waals surface area (Å²) in [5.74, 6) is -1.48. The number of aromatic carboxylic acids is 1. The van der Waals surface area contributed by atoms with Gasteiger partial charge in [0.05, 0.1) is 9.82 Å². The Morgan fingerprint density at radius 3 is 2.29 bits per heavy atom. The quantitative estimate of drug-likeness (QED) is 0.656. The van der Waals surface area contributed by atoms with Crippen LogP contribution in [0.1, 0.15) is 10.4 Å². The highest BCUT2D eigenvalue weighted by atomic mass is 35.5. The molecular weight excluding hydrogens is 274 g/mol. The molecule has 7 nitrogen and oxygen atoms in total. The number of nitrogens with zero attached hydrogens (tertiary/aromatic N) is 1. The summed E-state index contributed by atoms with van der Waals surface area (Å²) in [7, 11) is -3.60. The van der Waals surface area contributed by atoms with Gasteiger partial charge < -0.3 is 5.11 Å². The van der Waals surface area contributed by atoms with Crippen molar-refractivity contribution in [2.75, 3.05) is 6.26 Å². The molecule has 0 aromatic heterocycles. The Morgan fingerprint density at radius 1 is 1.41 bits per heavy atom. The molecule has 0 aliphatic heterocycles. The number of nitro groups is 1. The van der Waals surface area contributed by atoms with Gasteiger partial charge in [-0.05, 0) is 12.1 Å². The van der Waals surface area contributed by atoms with Crippen LogP contribution in [0, 0.1) is 10.1 Å². The third-order valence-electron chi connectivity index (χ3n) is 1.82. The van der Waals surface area contributed by atoms with Crippen molar-refractivity contribution in [2.24, 2.45) is 0 Å². The van der Waals surface area contributed by atoms with Crippen LogP contribution in [0.4, 0.5) is 5.69 Å². The van der Waals surface area contributed by atoms with Gasteiger partial charge in [0.2, 0.25) is 0 Å². The summed E-state index contributed by atoms with van der Waals surface area (Å²) < 4.78 is 22.2. The first-order chi connectivity index (χ1) is 7.23. The second kappa shape index (κ2) is 5.11. The first-order valence-corrected chi connectivity index (χ1v) is 5.84. The highest BCUT2D eigenvalue weighted by molar-refractivity contribution is 7.90. The summed E-state index contributed by atoms with van der Waals surface area (Å²) >= 11 is 0. The number of nitro benzene ring substituents is 1. The summed E-state index contributed by atoms with van der Waals surface area (Å²) in [6, 6.07) is 2.65. The minimum absolute atomic E-state index is 0. The summed E-state index contributed by atoms with van der Waals surface area (Å²) in [6.07, 6.45) is 0.881. The number of hydrogen-bond acceptors (Lipinski definition) is 5. The van der Waals surface area contributed by atoms with Gasteiger partial charge in [0, 0.05) is 12.3 Å². The van der Waals surface area contributed by atoms with Crippen molar-refractivity contribution >= 4 is 33.9 Å². The van der Waals surface area contributed by atoms with E-state index < -0.39 is 32.0 Å². The summed E-state index contributed by atoms with van der Waals surface area (Å²) in [6.45, 7) is 0. The lowest BCUT2D eigenvalue weighted by Crippen LogP contribution is -2.05. The van der Waals surface area contributed by atoms with Crippen LogP contribution in [0.2, 0.25) is 0 Å². The molecule has 9 heteroatoms. The van der Waals surface area contributed by atoms with Crippen LogP contribution in [0.25, 0.3) is 0 Å². The number of rotatable bonds is 3. The lowest BCUT2D eigenvalue weighted by Gasteiger charge is -2.01. The Kier molecular flexibility index (Phi) is 4.60. The number of sulfone groups is 1. The van der Waals surface area contributed by atoms with Crippen molar-refractivity contribution in [3.8, 4) is 0 Å². The molecular formula is C8H8ClNO6S. The van der Waals surface area contributed by atoms with E-state index in [1.54, 1.807) is 0 Å². The third-order valence-corrected chi connectivity index (χ3v) is 2.93. The van der Waals surface area contributed by atoms with Crippen LogP contribution in [0.3, 0.4) is 0 Å². The van der Waals surface area contributed by atoms with Gasteiger partial charge in [-0.25, -0.2) is 13.2 Å². The Bertz CT molecular complexity index is 567. The molecule has 0 atom stereocenters. The Morgan fingerprint density at radius 2 is 1.94 bits per heavy atom. The van der Waals surface area contributed by atoms with Gasteiger partial charge in [0.25, 0.3) is 5.69 Å². The number of halogens is 1. The Balaban J connectivity index is 0.00000256. The van der Waals surface area contributed by atoms with Crippen molar-refractivity contribution in [1.29, 1.82) is 0 Å². The predicted octanol–water partition coefficient (Wildman–Crippen LogP) is 1.12. The molecule has 1 N–H and O–H groups in total. The van der Waals surface area contributed by atoms with Gasteiger partial charge in [0.1, 0.15) is 5.56 Å². The summed E-state index contributed by atoms with van der Waals surface area (Å²) in [5, 5.41) is 19.2. The molecule has 1 aromatic rings. The van der Waals surface area contributed by atoms with Gasteiger partial charge in [0.15, 0.2) is 9.84 Å². The fourth-order valence-corrected chi connectivity index (χ4v) is 1.71. The predicted molar refractivity (Wildman–Crippen MR) is 60.4 cm³/mol. The smallest absolute Gasteiger partial charge is 0.342 e. The van der Waals surface area contributed by atoms with Gasteiger partial charge in [-0.15, -0.1) is 12.4 Å². The maximum atomic E-state index is 11.1. The Hall–Kier alpha value is -1.67. The highest BCUT2D eigenvalue weighted by Gasteiger charge is 2.22. The highest BCUT2D eigenvalue weighted by Crippen LogP contribution is 2.22. The maximum absolute atomic E-state index is 11.1. The number of carboxylic acid groups (broad SMARTS) is 1. The van der Waals surface area contributed by atoms with E-state index in [-0.39, 0.29) is 17.3 Å². The van der Waals surface area contributed by atoms with E-state index in [2.05, 4.69) is 0 Å². The third kappa shape index (κ3) is 3.40. The molecule has 1 rings (SSSR count). The normalized spacial score (nSPS) is 10.4. The fraction of sp³-hybridized carbons (Fsp3) is 0.125. The molecule has 0 heterocycles. The van der Waals surface area contributed by atoms with Gasteiger partial charge >= 0.3 is 5.97 Å². The van der Waals surface area contributed by atoms with E-state index in [0.717, 1.165) is 24.5 Å². The largest absolute Gasteiger partial charge is 0.477 e. The molecule has 17 heavy (non-hydrogen) atoms. The van der Waals surface area contributed by atoms with Crippen LogP contribution in [-0.4, -0.2) is 30.7 Å². The molecule has 1 aromatic carbocycles. The first-order valence-electron chi connectivity index (χ1n) is 3.95. The van der Waals surface area contributed by atoms with Gasteiger partial charge in [-0.1, -0.05) is 0 Å². The standard InChI is InChI=1S/C8H7NO6S.ClH/c1-16(14,15)5-2-3-6(8(10)11)7(4-5)9(12)13;/h2-4H,1H3,(H,10,11);1H. The summed E-state index contributed by atoms with van der Waals surface area (Å²) in [5.41, 5.74) is -1.28. The minimum atomic E-state index is -3.60. The maximum Gasteiger partial charge on any atom is 0.342 e. The van der Waals surface area contributed by atoms with Crippen LogP contribution < -0.4 is 0 Å². The zero-order valence-electron chi connectivity index (χ0n) is 8.48. The number of carboxylic acids is 1. The van der Waals surface area contributed by atoms with Crippen molar-refractivity contribution in [3.05, 3.63) is 33.9 Å². The molecule has 0 saturated carbocycles. The minimum Gasteiger partial charge on any atom is -0.477 e. The molecule has 0 aliphatic carbocycles. The van der Waals surface area contributed by atoms with Crippen molar-refractivity contribution in [1.82, 2.24) is 0 Å². The van der Waals surface area contributed by atoms with E-state index in [1.807, 2.05) is 0 Å². The Labute approximate surface area is 103 Å². The summed E-state index contributed by atoms with van der Waals surface area (Å²) in [4.78, 5) is 20.0. The molecule has 0 radical (unpaired) electrons. The SMILES string of the molecule is CS(=O)(=O)c1ccc(C(=O)O)c([N+](=O)[O-])c1.Cl. The fourth-order valence-electron chi connectivity index (χ4n) is 1.07. The molecule has 0 aliphatic rings. The van der Waals surface area contributed by atoms with E-state index in [4.69, 9.17) is 5.11 Å². The molecule has 0 amide bonds. The monoisotopic (exact) mass is 281 g/mol. The molecule has 0 saturated heterocycles. The van der Waals surface area contributed by atoms with E-state index in [1.165, 1.54) is 0 Å². The van der Waals surface area contributed by atoms with Crippen LogP contribution in [0.5, 0.6) is 0 Å². The van der Waals surface area contributed by atoms with E-state index in [0.29, 0.717) is 0 Å². The number of carbonyl (C=O) groups is 1. The average Bonchev–Trinajstić information content (AvgIpc) is 2.15. The zero-order chi connectivity index (χ0) is 12.5. The molecule has 0 spiro atoms. The second-order valence-electron chi connectivity index (χ2n) is 3.01. The van der Waals surface area contributed by atoms with E-state index >= 15 is 0 Å². The topological polar surface area (TPSA) is 115 Å². The second-order valence-corrected chi connectivity index (χ2v) is 5.03.